The third-order valence-corrected chi connectivity index (χ3v) is 1.51. The van der Waals surface area contributed by atoms with E-state index in [1.54, 1.807) is 0 Å². The monoisotopic (exact) mass is 161 g/mol. The molecule has 0 saturated carbocycles. The summed E-state index contributed by atoms with van der Waals surface area (Å²) >= 11 is 0. The Balaban J connectivity index is 2.45. The summed E-state index contributed by atoms with van der Waals surface area (Å²) in [6, 6.07) is 9.41. The van der Waals surface area contributed by atoms with Gasteiger partial charge in [-0.15, -0.1) is 0 Å². The Morgan fingerprint density at radius 2 is 1.92 bits per heavy atom. The molecule has 0 amide bonds. The quantitative estimate of drug-likeness (QED) is 0.696. The molecule has 0 spiro atoms. The zero-order valence-corrected chi connectivity index (χ0v) is 6.27. The molecule has 12 heavy (non-hydrogen) atoms. The van der Waals surface area contributed by atoms with E-state index in [4.69, 9.17) is 9.52 Å². The first-order valence-electron chi connectivity index (χ1n) is 3.56. The first kappa shape index (κ1) is 6.91. The molecule has 3 heteroatoms. The molecule has 1 heterocycles. The molecule has 60 valence electrons. The van der Waals surface area contributed by atoms with Gasteiger partial charge in [0.1, 0.15) is 6.20 Å². The van der Waals surface area contributed by atoms with E-state index in [2.05, 4.69) is 4.98 Å². The van der Waals surface area contributed by atoms with Gasteiger partial charge in [0.25, 0.3) is 0 Å². The normalized spacial score (nSPS) is 10.0. The molecule has 2 aromatic rings. The van der Waals surface area contributed by atoms with Gasteiger partial charge in [-0.05, 0) is 12.1 Å². The SMILES string of the molecule is Oc1cnc(-c2ccccc2)o1. The number of oxazole rings is 1. The smallest absolute Gasteiger partial charge is 0.302 e. The maximum atomic E-state index is 8.89. The van der Waals surface area contributed by atoms with Crippen molar-refractivity contribution in [3.8, 4) is 17.4 Å². The lowest BCUT2D eigenvalue weighted by molar-refractivity contribution is 0.337. The van der Waals surface area contributed by atoms with Crippen molar-refractivity contribution in [3.63, 3.8) is 0 Å². The van der Waals surface area contributed by atoms with Crippen LogP contribution < -0.4 is 0 Å². The van der Waals surface area contributed by atoms with Gasteiger partial charge in [-0.25, -0.2) is 4.98 Å². The molecule has 2 rings (SSSR count). The molecule has 0 unspecified atom stereocenters. The summed E-state index contributed by atoms with van der Waals surface area (Å²) in [5.41, 5.74) is 0.859. The van der Waals surface area contributed by atoms with Crippen molar-refractivity contribution < 1.29 is 9.52 Å². The summed E-state index contributed by atoms with van der Waals surface area (Å²) in [5, 5.41) is 8.89. The largest absolute Gasteiger partial charge is 0.480 e. The van der Waals surface area contributed by atoms with Gasteiger partial charge in [-0.1, -0.05) is 18.2 Å². The minimum atomic E-state index is -0.158. The van der Waals surface area contributed by atoms with Crippen LogP contribution in [-0.4, -0.2) is 10.1 Å². The fourth-order valence-electron chi connectivity index (χ4n) is 0.980. The third kappa shape index (κ3) is 1.16. The molecule has 1 aromatic heterocycles. The maximum absolute atomic E-state index is 8.89. The molecule has 0 aliphatic heterocycles. The van der Waals surface area contributed by atoms with Crippen LogP contribution in [0.2, 0.25) is 0 Å². The molecule has 0 radical (unpaired) electrons. The van der Waals surface area contributed by atoms with Crippen LogP contribution in [-0.2, 0) is 0 Å². The zero-order chi connectivity index (χ0) is 8.39. The van der Waals surface area contributed by atoms with E-state index in [1.165, 1.54) is 6.20 Å². The third-order valence-electron chi connectivity index (χ3n) is 1.51. The number of aromatic hydroxyl groups is 1. The number of rotatable bonds is 1. The average molecular weight is 161 g/mol. The van der Waals surface area contributed by atoms with E-state index in [-0.39, 0.29) is 5.95 Å². The molecule has 1 aromatic carbocycles. The van der Waals surface area contributed by atoms with E-state index >= 15 is 0 Å². The van der Waals surface area contributed by atoms with Crippen LogP contribution in [0.25, 0.3) is 11.5 Å². The Morgan fingerprint density at radius 1 is 1.17 bits per heavy atom. The lowest BCUT2D eigenvalue weighted by Gasteiger charge is -1.91. The zero-order valence-electron chi connectivity index (χ0n) is 6.27. The lowest BCUT2D eigenvalue weighted by atomic mass is 10.2. The van der Waals surface area contributed by atoms with Crippen molar-refractivity contribution in [1.29, 1.82) is 0 Å². The van der Waals surface area contributed by atoms with Crippen molar-refractivity contribution in [2.24, 2.45) is 0 Å². The fraction of sp³-hybridized carbons (Fsp3) is 0. The second-order valence-corrected chi connectivity index (χ2v) is 2.37. The molecule has 0 saturated heterocycles. The van der Waals surface area contributed by atoms with Gasteiger partial charge in [0.15, 0.2) is 0 Å². The van der Waals surface area contributed by atoms with Crippen LogP contribution in [0.3, 0.4) is 0 Å². The van der Waals surface area contributed by atoms with E-state index in [0.717, 1.165) is 5.56 Å². The van der Waals surface area contributed by atoms with Crippen LogP contribution in [0.5, 0.6) is 5.95 Å². The molecule has 3 nitrogen and oxygen atoms in total. The molecule has 0 bridgehead atoms. The predicted octanol–water partition coefficient (Wildman–Crippen LogP) is 2.05. The van der Waals surface area contributed by atoms with Gasteiger partial charge in [0.05, 0.1) is 0 Å². The molecular formula is C9H7NO2. The van der Waals surface area contributed by atoms with Gasteiger partial charge in [-0.2, -0.15) is 0 Å². The molecule has 1 N–H and O–H groups in total. The molecule has 0 aliphatic carbocycles. The van der Waals surface area contributed by atoms with E-state index in [9.17, 15) is 0 Å². The van der Waals surface area contributed by atoms with E-state index < -0.39 is 0 Å². The summed E-state index contributed by atoms with van der Waals surface area (Å²) in [5.74, 6) is 0.280. The van der Waals surface area contributed by atoms with Crippen molar-refractivity contribution in [3.05, 3.63) is 36.5 Å². The van der Waals surface area contributed by atoms with Crippen molar-refractivity contribution in [1.82, 2.24) is 4.98 Å². The second-order valence-electron chi connectivity index (χ2n) is 2.37. The summed E-state index contributed by atoms with van der Waals surface area (Å²) < 4.78 is 4.91. The molecular weight excluding hydrogens is 154 g/mol. The highest BCUT2D eigenvalue weighted by molar-refractivity contribution is 5.52. The topological polar surface area (TPSA) is 46.3 Å². The molecule has 0 aliphatic rings. The van der Waals surface area contributed by atoms with Gasteiger partial charge >= 0.3 is 5.95 Å². The number of nitrogens with zero attached hydrogens (tertiary/aromatic N) is 1. The van der Waals surface area contributed by atoms with E-state index in [0.29, 0.717) is 5.89 Å². The number of aromatic nitrogens is 1. The Labute approximate surface area is 69.3 Å². The first-order chi connectivity index (χ1) is 5.86. The van der Waals surface area contributed by atoms with Crippen molar-refractivity contribution in [2.45, 2.75) is 0 Å². The van der Waals surface area contributed by atoms with Gasteiger partial charge in [0.2, 0.25) is 5.89 Å². The minimum absolute atomic E-state index is 0.158. The highest BCUT2D eigenvalue weighted by Crippen LogP contribution is 2.20. The van der Waals surface area contributed by atoms with Gasteiger partial charge in [0, 0.05) is 5.56 Å². The van der Waals surface area contributed by atoms with Crippen LogP contribution in [0.1, 0.15) is 0 Å². The standard InChI is InChI=1S/C9H7NO2/c11-8-6-10-9(12-8)7-4-2-1-3-5-7/h1-6,11H. The van der Waals surface area contributed by atoms with Crippen molar-refractivity contribution in [2.75, 3.05) is 0 Å². The fourth-order valence-corrected chi connectivity index (χ4v) is 0.980. The summed E-state index contributed by atoms with van der Waals surface area (Å²) in [6.45, 7) is 0. The predicted molar refractivity (Wildman–Crippen MR) is 43.6 cm³/mol. The molecule has 0 fully saturated rings. The number of hydrogen-bond donors (Lipinski definition) is 1. The summed E-state index contributed by atoms with van der Waals surface area (Å²) in [7, 11) is 0. The Hall–Kier alpha value is -1.77. The summed E-state index contributed by atoms with van der Waals surface area (Å²) in [6.07, 6.45) is 1.28. The highest BCUT2D eigenvalue weighted by atomic mass is 16.5. The maximum Gasteiger partial charge on any atom is 0.302 e. The number of benzene rings is 1. The van der Waals surface area contributed by atoms with Gasteiger partial charge in [-0.3, -0.25) is 0 Å². The van der Waals surface area contributed by atoms with E-state index in [1.807, 2.05) is 30.3 Å². The lowest BCUT2D eigenvalue weighted by Crippen LogP contribution is -1.73. The van der Waals surface area contributed by atoms with Crippen LogP contribution in [0.4, 0.5) is 0 Å². The Bertz CT molecular complexity index is 367. The molecule has 0 atom stereocenters. The van der Waals surface area contributed by atoms with Crippen LogP contribution in [0, 0.1) is 0 Å². The van der Waals surface area contributed by atoms with Gasteiger partial charge < -0.3 is 9.52 Å². The van der Waals surface area contributed by atoms with Crippen LogP contribution in [0.15, 0.2) is 40.9 Å². The highest BCUT2D eigenvalue weighted by Gasteiger charge is 2.03. The minimum Gasteiger partial charge on any atom is -0.480 e. The Kier molecular flexibility index (Phi) is 1.55. The second kappa shape index (κ2) is 2.70. The van der Waals surface area contributed by atoms with Crippen LogP contribution >= 0.6 is 0 Å². The number of hydrogen-bond acceptors (Lipinski definition) is 3. The first-order valence-corrected chi connectivity index (χ1v) is 3.56. The average Bonchev–Trinajstić information content (AvgIpc) is 2.54. The Morgan fingerprint density at radius 3 is 2.50 bits per heavy atom. The summed E-state index contributed by atoms with van der Waals surface area (Å²) in [4.78, 5) is 3.87. The van der Waals surface area contributed by atoms with Crippen molar-refractivity contribution >= 4 is 0 Å².